The van der Waals surface area contributed by atoms with E-state index in [4.69, 9.17) is 32.7 Å². The number of methoxy groups -OCH3 is 3. The Morgan fingerprint density at radius 2 is 1.52 bits per heavy atom. The van der Waals surface area contributed by atoms with Gasteiger partial charge in [-0.3, -0.25) is 4.79 Å². The molecule has 0 bridgehead atoms. The maximum atomic E-state index is 12.8. The average molecular weight is 412 g/mol. The van der Waals surface area contributed by atoms with Gasteiger partial charge in [-0.15, -0.1) is 0 Å². The fourth-order valence-corrected chi connectivity index (χ4v) is 2.78. The lowest BCUT2D eigenvalue weighted by atomic mass is 10.1. The van der Waals surface area contributed by atoms with E-state index in [2.05, 4.69) is 10.1 Å². The van der Waals surface area contributed by atoms with Crippen LogP contribution in [0.15, 0.2) is 30.3 Å². The number of halogens is 2. The summed E-state index contributed by atoms with van der Waals surface area (Å²) in [4.78, 5) is 36.5. The maximum Gasteiger partial charge on any atom is 0.339 e. The number of ether oxygens (including phenoxy) is 3. The number of nitrogens with one attached hydrogen (secondary N) is 1. The Hall–Kier alpha value is -2.77. The van der Waals surface area contributed by atoms with Gasteiger partial charge < -0.3 is 19.5 Å². The van der Waals surface area contributed by atoms with Crippen molar-refractivity contribution in [2.75, 3.05) is 26.6 Å². The Kier molecular flexibility index (Phi) is 6.65. The summed E-state index contributed by atoms with van der Waals surface area (Å²) in [7, 11) is 3.75. The van der Waals surface area contributed by atoms with Gasteiger partial charge in [0.25, 0.3) is 5.91 Å². The molecule has 27 heavy (non-hydrogen) atoms. The summed E-state index contributed by atoms with van der Waals surface area (Å²) in [6.45, 7) is 0. The van der Waals surface area contributed by atoms with Gasteiger partial charge in [0, 0.05) is 0 Å². The molecule has 142 valence electrons. The van der Waals surface area contributed by atoms with Gasteiger partial charge in [0.05, 0.1) is 48.2 Å². The van der Waals surface area contributed by atoms with Crippen molar-refractivity contribution < 1.29 is 28.6 Å². The standard InChI is InChI=1S/C18H15Cl2NO6/c1-25-15-12(20)7-6-11(19)14(15)16(22)21-13-8-9(17(23)26-2)4-5-10(13)18(24)27-3/h4-8H,1-3H3,(H,21,22). The number of anilines is 1. The third kappa shape index (κ3) is 4.32. The summed E-state index contributed by atoms with van der Waals surface area (Å²) in [6, 6.07) is 6.93. The van der Waals surface area contributed by atoms with Crippen molar-refractivity contribution in [1.29, 1.82) is 0 Å². The quantitative estimate of drug-likeness (QED) is 0.751. The zero-order chi connectivity index (χ0) is 20.1. The molecule has 2 aromatic carbocycles. The number of hydrogen-bond donors (Lipinski definition) is 1. The topological polar surface area (TPSA) is 90.9 Å². The van der Waals surface area contributed by atoms with Gasteiger partial charge in [-0.25, -0.2) is 9.59 Å². The normalized spacial score (nSPS) is 10.1. The van der Waals surface area contributed by atoms with E-state index >= 15 is 0 Å². The zero-order valence-corrected chi connectivity index (χ0v) is 16.1. The third-order valence-electron chi connectivity index (χ3n) is 3.58. The Bertz CT molecular complexity index is 913. The Morgan fingerprint density at radius 1 is 0.889 bits per heavy atom. The molecular weight excluding hydrogens is 397 g/mol. The van der Waals surface area contributed by atoms with Crippen molar-refractivity contribution >= 4 is 46.7 Å². The Morgan fingerprint density at radius 3 is 2.11 bits per heavy atom. The lowest BCUT2D eigenvalue weighted by molar-refractivity contribution is 0.0587. The van der Waals surface area contributed by atoms with Gasteiger partial charge in [0.1, 0.15) is 5.56 Å². The van der Waals surface area contributed by atoms with Crippen LogP contribution in [0.3, 0.4) is 0 Å². The molecule has 0 saturated carbocycles. The van der Waals surface area contributed by atoms with Crippen molar-refractivity contribution in [3.05, 3.63) is 57.1 Å². The van der Waals surface area contributed by atoms with Gasteiger partial charge in [-0.2, -0.15) is 0 Å². The predicted molar refractivity (Wildman–Crippen MR) is 100 cm³/mol. The molecule has 0 aliphatic heterocycles. The maximum absolute atomic E-state index is 12.8. The first-order chi connectivity index (χ1) is 12.8. The molecule has 7 nitrogen and oxygen atoms in total. The minimum Gasteiger partial charge on any atom is -0.494 e. The first-order valence-electron chi connectivity index (χ1n) is 7.48. The van der Waals surface area contributed by atoms with Crippen LogP contribution < -0.4 is 10.1 Å². The summed E-state index contributed by atoms with van der Waals surface area (Å²) in [5.41, 5.74) is 0.180. The summed E-state index contributed by atoms with van der Waals surface area (Å²) >= 11 is 12.1. The fraction of sp³-hybridized carbons (Fsp3) is 0.167. The van der Waals surface area contributed by atoms with Crippen LogP contribution in [-0.2, 0) is 9.47 Å². The Balaban J connectivity index is 2.52. The minimum absolute atomic E-state index is 0.0223. The molecule has 0 unspecified atom stereocenters. The minimum atomic E-state index is -0.703. The highest BCUT2D eigenvalue weighted by Gasteiger charge is 2.23. The monoisotopic (exact) mass is 411 g/mol. The van der Waals surface area contributed by atoms with E-state index in [0.717, 1.165) is 0 Å². The van der Waals surface area contributed by atoms with Crippen LogP contribution in [0, 0.1) is 0 Å². The van der Waals surface area contributed by atoms with Gasteiger partial charge in [-0.05, 0) is 30.3 Å². The van der Waals surface area contributed by atoms with E-state index < -0.39 is 17.8 Å². The number of amides is 1. The number of carbonyl (C=O) groups is 3. The molecule has 9 heteroatoms. The van der Waals surface area contributed by atoms with Crippen LogP contribution in [0.4, 0.5) is 5.69 Å². The fourth-order valence-electron chi connectivity index (χ4n) is 2.31. The summed E-state index contributed by atoms with van der Waals surface area (Å²) < 4.78 is 14.5. The average Bonchev–Trinajstić information content (AvgIpc) is 2.67. The van der Waals surface area contributed by atoms with Crippen LogP contribution in [0.1, 0.15) is 31.1 Å². The van der Waals surface area contributed by atoms with Gasteiger partial charge in [0.15, 0.2) is 5.75 Å². The molecule has 0 heterocycles. The molecule has 0 aliphatic rings. The molecule has 1 amide bonds. The van der Waals surface area contributed by atoms with Gasteiger partial charge >= 0.3 is 11.9 Å². The molecule has 0 radical (unpaired) electrons. The number of carbonyl (C=O) groups excluding carboxylic acids is 3. The predicted octanol–water partition coefficient (Wildman–Crippen LogP) is 3.83. The van der Waals surface area contributed by atoms with Gasteiger partial charge in [0.2, 0.25) is 0 Å². The number of benzene rings is 2. The van der Waals surface area contributed by atoms with E-state index in [1.54, 1.807) is 0 Å². The molecule has 1 N–H and O–H groups in total. The van der Waals surface area contributed by atoms with Crippen molar-refractivity contribution in [1.82, 2.24) is 0 Å². The van der Waals surface area contributed by atoms with Gasteiger partial charge in [-0.1, -0.05) is 23.2 Å². The Labute approximate surface area is 165 Å². The van der Waals surface area contributed by atoms with E-state index in [-0.39, 0.29) is 38.2 Å². The van der Waals surface area contributed by atoms with E-state index in [1.165, 1.54) is 51.7 Å². The molecule has 0 aromatic heterocycles. The van der Waals surface area contributed by atoms with Crippen molar-refractivity contribution in [3.63, 3.8) is 0 Å². The molecule has 0 atom stereocenters. The molecule has 0 aliphatic carbocycles. The number of rotatable bonds is 5. The largest absolute Gasteiger partial charge is 0.494 e. The third-order valence-corrected chi connectivity index (χ3v) is 4.20. The number of esters is 2. The van der Waals surface area contributed by atoms with Crippen LogP contribution in [0.5, 0.6) is 5.75 Å². The second kappa shape index (κ2) is 8.75. The molecule has 2 aromatic rings. The second-order valence-electron chi connectivity index (χ2n) is 5.14. The number of hydrogen-bond acceptors (Lipinski definition) is 6. The van der Waals surface area contributed by atoms with Crippen molar-refractivity contribution in [3.8, 4) is 5.75 Å². The SMILES string of the molecule is COC(=O)c1ccc(C(=O)OC)c(NC(=O)c2c(Cl)ccc(Cl)c2OC)c1. The van der Waals surface area contributed by atoms with Crippen molar-refractivity contribution in [2.45, 2.75) is 0 Å². The molecule has 2 rings (SSSR count). The van der Waals surface area contributed by atoms with Crippen LogP contribution in [0.2, 0.25) is 10.0 Å². The zero-order valence-electron chi connectivity index (χ0n) is 14.6. The van der Waals surface area contributed by atoms with Crippen LogP contribution in [0.25, 0.3) is 0 Å². The summed E-state index contributed by atoms with van der Waals surface area (Å²) in [5, 5.41) is 2.81. The lowest BCUT2D eigenvalue weighted by Crippen LogP contribution is -2.18. The smallest absolute Gasteiger partial charge is 0.339 e. The molecular formula is C18H15Cl2NO6. The van der Waals surface area contributed by atoms with E-state index in [9.17, 15) is 14.4 Å². The first-order valence-corrected chi connectivity index (χ1v) is 8.23. The highest BCUT2D eigenvalue weighted by molar-refractivity contribution is 6.37. The highest BCUT2D eigenvalue weighted by Crippen LogP contribution is 2.34. The van der Waals surface area contributed by atoms with Crippen molar-refractivity contribution in [2.24, 2.45) is 0 Å². The van der Waals surface area contributed by atoms with E-state index in [1.807, 2.05) is 0 Å². The molecule has 0 spiro atoms. The second-order valence-corrected chi connectivity index (χ2v) is 5.95. The first kappa shape index (κ1) is 20.5. The highest BCUT2D eigenvalue weighted by atomic mass is 35.5. The molecule has 0 fully saturated rings. The summed E-state index contributed by atoms with van der Waals surface area (Å²) in [5.74, 6) is -1.96. The van der Waals surface area contributed by atoms with Crippen LogP contribution in [-0.4, -0.2) is 39.2 Å². The molecule has 0 saturated heterocycles. The lowest BCUT2D eigenvalue weighted by Gasteiger charge is -2.14. The summed E-state index contributed by atoms with van der Waals surface area (Å²) in [6.07, 6.45) is 0. The van der Waals surface area contributed by atoms with Crippen LogP contribution >= 0.6 is 23.2 Å². The van der Waals surface area contributed by atoms with E-state index in [0.29, 0.717) is 0 Å².